The van der Waals surface area contributed by atoms with Crippen LogP contribution in [0.5, 0.6) is 0 Å². The van der Waals surface area contributed by atoms with Gasteiger partial charge < -0.3 is 4.57 Å². The van der Waals surface area contributed by atoms with Crippen LogP contribution in [0.1, 0.15) is 18.1 Å². The minimum absolute atomic E-state index is 0.948. The van der Waals surface area contributed by atoms with Crippen molar-refractivity contribution in [2.75, 3.05) is 0 Å². The van der Waals surface area contributed by atoms with Gasteiger partial charge in [-0.3, -0.25) is 0 Å². The Morgan fingerprint density at radius 2 is 1.09 bits per heavy atom. The molecule has 0 radical (unpaired) electrons. The van der Waals surface area contributed by atoms with Crippen LogP contribution in [-0.4, -0.2) is 4.57 Å². The molecule has 34 heavy (non-hydrogen) atoms. The highest BCUT2D eigenvalue weighted by Crippen LogP contribution is 2.50. The summed E-state index contributed by atoms with van der Waals surface area (Å²) in [7, 11) is 0. The molecule has 0 spiro atoms. The van der Waals surface area contributed by atoms with Crippen molar-refractivity contribution in [3.8, 4) is 11.1 Å². The number of benzene rings is 6. The van der Waals surface area contributed by atoms with Gasteiger partial charge in [0.15, 0.2) is 0 Å². The van der Waals surface area contributed by atoms with Crippen LogP contribution in [0.15, 0.2) is 97.1 Å². The Morgan fingerprint density at radius 1 is 0.559 bits per heavy atom. The molecule has 1 heterocycles. The molecule has 1 heteroatoms. The third kappa shape index (κ3) is 2.11. The number of fused-ring (bicyclic) bond motifs is 15. The second-order valence-electron chi connectivity index (χ2n) is 9.52. The summed E-state index contributed by atoms with van der Waals surface area (Å²) in [5, 5.41) is 11.0. The summed E-state index contributed by atoms with van der Waals surface area (Å²) in [6, 6.07) is 36.0. The van der Waals surface area contributed by atoms with Gasteiger partial charge >= 0.3 is 0 Å². The molecule has 0 unspecified atom stereocenters. The standard InChI is InChI=1S/C33H23N/c1-2-34-32-27-18-10-6-14-23(27)22-13-5-7-15-24(22)30(32)31-26-17-9-8-16-25(26)29-21-12-4-3-11-20(21)19-28(29)33(31)34/h3-18H,2,19H2,1H3. The summed E-state index contributed by atoms with van der Waals surface area (Å²) in [5.41, 5.74) is 8.56. The fourth-order valence-electron chi connectivity index (χ4n) is 6.70. The molecule has 0 aliphatic heterocycles. The lowest BCUT2D eigenvalue weighted by molar-refractivity contribution is 0.826. The second-order valence-corrected chi connectivity index (χ2v) is 9.52. The topological polar surface area (TPSA) is 4.93 Å². The molecule has 160 valence electrons. The molecule has 1 nitrogen and oxygen atoms in total. The van der Waals surface area contributed by atoms with Crippen LogP contribution in [0.2, 0.25) is 0 Å². The zero-order valence-electron chi connectivity index (χ0n) is 19.1. The Bertz CT molecular complexity index is 1970. The van der Waals surface area contributed by atoms with Crippen molar-refractivity contribution in [1.82, 2.24) is 4.57 Å². The van der Waals surface area contributed by atoms with Gasteiger partial charge in [0.1, 0.15) is 0 Å². The van der Waals surface area contributed by atoms with E-state index in [0.717, 1.165) is 13.0 Å². The Kier molecular flexibility index (Phi) is 3.50. The average Bonchev–Trinajstić information content (AvgIpc) is 3.46. The molecule has 0 saturated carbocycles. The lowest BCUT2D eigenvalue weighted by atomic mass is 9.91. The molecule has 1 aromatic heterocycles. The zero-order valence-corrected chi connectivity index (χ0v) is 19.1. The maximum atomic E-state index is 2.61. The first kappa shape index (κ1) is 18.3. The van der Waals surface area contributed by atoms with E-state index in [1.165, 1.54) is 76.4 Å². The first-order valence-electron chi connectivity index (χ1n) is 12.2. The van der Waals surface area contributed by atoms with Crippen LogP contribution < -0.4 is 0 Å². The summed E-state index contributed by atoms with van der Waals surface area (Å²) < 4.78 is 2.61. The summed E-state index contributed by atoms with van der Waals surface area (Å²) in [4.78, 5) is 0. The Labute approximate surface area is 197 Å². The van der Waals surface area contributed by atoms with Crippen LogP contribution in [0.3, 0.4) is 0 Å². The van der Waals surface area contributed by atoms with Gasteiger partial charge in [-0.25, -0.2) is 0 Å². The zero-order chi connectivity index (χ0) is 22.4. The van der Waals surface area contributed by atoms with Gasteiger partial charge in [-0.05, 0) is 56.1 Å². The molecule has 8 rings (SSSR count). The molecular formula is C33H23N. The Balaban J connectivity index is 1.76. The number of hydrogen-bond donors (Lipinski definition) is 0. The predicted octanol–water partition coefficient (Wildman–Crippen LogP) is 8.85. The number of aryl methyl sites for hydroxylation is 1. The Morgan fingerprint density at radius 3 is 1.82 bits per heavy atom. The van der Waals surface area contributed by atoms with E-state index in [9.17, 15) is 0 Å². The summed E-state index contributed by atoms with van der Waals surface area (Å²) >= 11 is 0. The number of aromatic nitrogens is 1. The molecule has 1 aliphatic rings. The van der Waals surface area contributed by atoms with Crippen molar-refractivity contribution in [3.63, 3.8) is 0 Å². The van der Waals surface area contributed by atoms with Gasteiger partial charge in [0, 0.05) is 29.1 Å². The van der Waals surface area contributed by atoms with Gasteiger partial charge in [0.25, 0.3) is 0 Å². The van der Waals surface area contributed by atoms with E-state index in [4.69, 9.17) is 0 Å². The second kappa shape index (κ2) is 6.48. The third-order valence-electron chi connectivity index (χ3n) is 7.96. The average molecular weight is 434 g/mol. The fourth-order valence-corrected chi connectivity index (χ4v) is 6.70. The minimum Gasteiger partial charge on any atom is -0.340 e. The molecule has 0 N–H and O–H groups in total. The van der Waals surface area contributed by atoms with Crippen molar-refractivity contribution < 1.29 is 0 Å². The normalized spacial score (nSPS) is 12.9. The van der Waals surface area contributed by atoms with Crippen LogP contribution >= 0.6 is 0 Å². The highest BCUT2D eigenvalue weighted by Gasteiger charge is 2.28. The van der Waals surface area contributed by atoms with Gasteiger partial charge in [0.05, 0.1) is 11.0 Å². The molecule has 1 aliphatic carbocycles. The summed E-state index contributed by atoms with van der Waals surface area (Å²) in [5.74, 6) is 0. The quantitative estimate of drug-likeness (QED) is 0.228. The van der Waals surface area contributed by atoms with Gasteiger partial charge in [-0.1, -0.05) is 97.1 Å². The van der Waals surface area contributed by atoms with E-state index in [0.29, 0.717) is 0 Å². The monoisotopic (exact) mass is 433 g/mol. The molecule has 0 fully saturated rings. The van der Waals surface area contributed by atoms with Crippen LogP contribution in [0.25, 0.3) is 65.3 Å². The van der Waals surface area contributed by atoms with E-state index in [1.54, 1.807) is 0 Å². The summed E-state index contributed by atoms with van der Waals surface area (Å²) in [6.07, 6.45) is 0.999. The predicted molar refractivity (Wildman–Crippen MR) is 146 cm³/mol. The maximum absolute atomic E-state index is 2.61. The molecule has 6 aromatic carbocycles. The Hall–Kier alpha value is -4.10. The van der Waals surface area contributed by atoms with Gasteiger partial charge in [-0.15, -0.1) is 0 Å². The van der Waals surface area contributed by atoms with E-state index < -0.39 is 0 Å². The first-order chi connectivity index (χ1) is 16.9. The lowest BCUT2D eigenvalue weighted by Gasteiger charge is -2.12. The lowest BCUT2D eigenvalue weighted by Crippen LogP contribution is -1.98. The molecule has 0 amide bonds. The van der Waals surface area contributed by atoms with E-state index in [1.807, 2.05) is 0 Å². The van der Waals surface area contributed by atoms with E-state index in [-0.39, 0.29) is 0 Å². The first-order valence-corrected chi connectivity index (χ1v) is 12.2. The van der Waals surface area contributed by atoms with Crippen molar-refractivity contribution in [2.24, 2.45) is 0 Å². The molecule has 0 atom stereocenters. The van der Waals surface area contributed by atoms with Crippen molar-refractivity contribution in [1.29, 1.82) is 0 Å². The third-order valence-corrected chi connectivity index (χ3v) is 7.96. The largest absolute Gasteiger partial charge is 0.340 e. The summed E-state index contributed by atoms with van der Waals surface area (Å²) in [6.45, 7) is 3.25. The minimum atomic E-state index is 0.948. The van der Waals surface area contributed by atoms with Gasteiger partial charge in [0.2, 0.25) is 0 Å². The maximum Gasteiger partial charge on any atom is 0.0577 e. The van der Waals surface area contributed by atoms with Crippen LogP contribution in [-0.2, 0) is 13.0 Å². The van der Waals surface area contributed by atoms with Crippen LogP contribution in [0, 0.1) is 0 Å². The molecule has 0 bridgehead atoms. The SMILES string of the molecule is CCn1c2c3c(c4ccccc4c2c2c4ccccc4c4ccccc4c21)-c1ccccc1C3. The van der Waals surface area contributed by atoms with Crippen molar-refractivity contribution in [3.05, 3.63) is 108 Å². The van der Waals surface area contributed by atoms with E-state index >= 15 is 0 Å². The highest BCUT2D eigenvalue weighted by molar-refractivity contribution is 6.37. The number of hydrogen-bond acceptors (Lipinski definition) is 0. The molecule has 0 saturated heterocycles. The highest BCUT2D eigenvalue weighted by atomic mass is 15.0. The van der Waals surface area contributed by atoms with Crippen LogP contribution in [0.4, 0.5) is 0 Å². The number of nitrogens with zero attached hydrogens (tertiary/aromatic N) is 1. The molecular weight excluding hydrogens is 410 g/mol. The molecule has 7 aromatic rings. The smallest absolute Gasteiger partial charge is 0.0577 e. The van der Waals surface area contributed by atoms with Gasteiger partial charge in [-0.2, -0.15) is 0 Å². The van der Waals surface area contributed by atoms with Crippen molar-refractivity contribution >= 4 is 54.1 Å². The van der Waals surface area contributed by atoms with Crippen molar-refractivity contribution in [2.45, 2.75) is 19.9 Å². The van der Waals surface area contributed by atoms with E-state index in [2.05, 4.69) is 109 Å². The number of rotatable bonds is 1. The fraction of sp³-hybridized carbons (Fsp3) is 0.0909.